The fourth-order valence-electron chi connectivity index (χ4n) is 2.15. The fraction of sp³-hybridized carbons (Fsp3) is 0.286. The molecule has 8 heteroatoms. The van der Waals surface area contributed by atoms with Crippen LogP contribution in [0.15, 0.2) is 36.7 Å². The van der Waals surface area contributed by atoms with Crippen molar-refractivity contribution in [1.29, 1.82) is 0 Å². The lowest BCUT2D eigenvalue weighted by Crippen LogP contribution is -2.25. The predicted molar refractivity (Wildman–Crippen MR) is 81.1 cm³/mol. The minimum Gasteiger partial charge on any atom is -0.343 e. The molecule has 0 aliphatic rings. The molecular weight excluding hydrogens is 280 g/mol. The second-order valence-electron chi connectivity index (χ2n) is 5.03. The van der Waals surface area contributed by atoms with Crippen LogP contribution >= 0.6 is 0 Å². The van der Waals surface area contributed by atoms with Gasteiger partial charge in [0.15, 0.2) is 11.6 Å². The molecule has 0 saturated heterocycles. The molecule has 8 nitrogen and oxygen atoms in total. The van der Waals surface area contributed by atoms with Crippen LogP contribution in [0.1, 0.15) is 18.7 Å². The zero-order chi connectivity index (χ0) is 15.4. The first-order valence-corrected chi connectivity index (χ1v) is 6.93. The highest BCUT2D eigenvalue weighted by Crippen LogP contribution is 2.17. The minimum absolute atomic E-state index is 0.112. The molecule has 0 spiro atoms. The van der Waals surface area contributed by atoms with E-state index < -0.39 is 0 Å². The van der Waals surface area contributed by atoms with Gasteiger partial charge in [0.2, 0.25) is 5.95 Å². The Labute approximate surface area is 127 Å². The number of likely N-dealkylation sites (N-methyl/N-ethyl adjacent to an activating group) is 1. The van der Waals surface area contributed by atoms with E-state index >= 15 is 0 Å². The molecule has 2 aromatic heterocycles. The van der Waals surface area contributed by atoms with E-state index in [9.17, 15) is 0 Å². The van der Waals surface area contributed by atoms with E-state index in [0.29, 0.717) is 24.1 Å². The Morgan fingerprint density at radius 3 is 2.73 bits per heavy atom. The molecule has 1 atom stereocenters. The molecule has 112 valence electrons. The molecule has 2 heterocycles. The van der Waals surface area contributed by atoms with Gasteiger partial charge in [-0.15, -0.1) is 10.2 Å². The Hall–Kier alpha value is -2.90. The first-order valence-electron chi connectivity index (χ1n) is 6.93. The average Bonchev–Trinajstić information content (AvgIpc) is 3.10. The van der Waals surface area contributed by atoms with E-state index in [1.807, 2.05) is 49.2 Å². The lowest BCUT2D eigenvalue weighted by molar-refractivity contribution is 0.675. The molecule has 22 heavy (non-hydrogen) atoms. The van der Waals surface area contributed by atoms with E-state index in [4.69, 9.17) is 0 Å². The third-order valence-electron chi connectivity index (χ3n) is 3.28. The van der Waals surface area contributed by atoms with Crippen molar-refractivity contribution < 1.29 is 0 Å². The first-order chi connectivity index (χ1) is 10.7. The van der Waals surface area contributed by atoms with Gasteiger partial charge in [-0.2, -0.15) is 10.2 Å². The molecule has 3 aromatic rings. The summed E-state index contributed by atoms with van der Waals surface area (Å²) in [5.74, 6) is 2.05. The number of aromatic nitrogens is 7. The highest BCUT2D eigenvalue weighted by atomic mass is 15.5. The number of H-pyrrole nitrogens is 1. The maximum absolute atomic E-state index is 4.52. The molecule has 0 aliphatic carbocycles. The smallest absolute Gasteiger partial charge is 0.228 e. The molecule has 0 fully saturated rings. The van der Waals surface area contributed by atoms with E-state index in [1.165, 1.54) is 6.33 Å². The van der Waals surface area contributed by atoms with Gasteiger partial charge in [0.05, 0.1) is 0 Å². The van der Waals surface area contributed by atoms with Crippen molar-refractivity contribution in [2.45, 2.75) is 12.8 Å². The van der Waals surface area contributed by atoms with E-state index in [0.717, 1.165) is 5.56 Å². The summed E-state index contributed by atoms with van der Waals surface area (Å²) in [5.41, 5.74) is 0.964. The lowest BCUT2D eigenvalue weighted by atomic mass is 10.1. The second-order valence-corrected chi connectivity index (χ2v) is 5.03. The molecule has 0 saturated carbocycles. The normalized spacial score (nSPS) is 12.1. The number of aromatic amines is 1. The number of anilines is 1. The maximum atomic E-state index is 4.52. The largest absolute Gasteiger partial charge is 0.343 e. The Morgan fingerprint density at radius 1 is 1.18 bits per heavy atom. The zero-order valence-electron chi connectivity index (χ0n) is 12.4. The Morgan fingerprint density at radius 2 is 2.00 bits per heavy atom. The summed E-state index contributed by atoms with van der Waals surface area (Å²) < 4.78 is 0. The maximum Gasteiger partial charge on any atom is 0.228 e. The summed E-state index contributed by atoms with van der Waals surface area (Å²) in [5, 5.41) is 14.0. The van der Waals surface area contributed by atoms with Crippen molar-refractivity contribution in [3.8, 4) is 11.4 Å². The average molecular weight is 296 g/mol. The molecule has 0 radical (unpaired) electrons. The highest BCUT2D eigenvalue weighted by Gasteiger charge is 2.15. The van der Waals surface area contributed by atoms with Gasteiger partial charge in [-0.05, 0) is 0 Å². The number of hydrogen-bond donors (Lipinski definition) is 1. The summed E-state index contributed by atoms with van der Waals surface area (Å²) in [6.07, 6.45) is 1.53. The van der Waals surface area contributed by atoms with Crippen LogP contribution in [0.4, 0.5) is 5.95 Å². The Bertz CT molecular complexity index is 713. The fourth-order valence-corrected chi connectivity index (χ4v) is 2.15. The van der Waals surface area contributed by atoms with Crippen LogP contribution in [0.2, 0.25) is 0 Å². The molecule has 3 rings (SSSR count). The molecule has 0 bridgehead atoms. The SMILES string of the molecule is CC(CN(C)c1ncnc(-c2ccccc2)n1)c1nn[nH]n1. The van der Waals surface area contributed by atoms with Crippen LogP contribution in [0.5, 0.6) is 0 Å². The first kappa shape index (κ1) is 14.1. The summed E-state index contributed by atoms with van der Waals surface area (Å²) in [6.45, 7) is 2.71. The van der Waals surface area contributed by atoms with Crippen molar-refractivity contribution in [3.63, 3.8) is 0 Å². The number of nitrogens with one attached hydrogen (secondary N) is 1. The summed E-state index contributed by atoms with van der Waals surface area (Å²) >= 11 is 0. The van der Waals surface area contributed by atoms with Gasteiger partial charge in [0.25, 0.3) is 0 Å². The Balaban J connectivity index is 1.77. The van der Waals surface area contributed by atoms with Crippen molar-refractivity contribution in [3.05, 3.63) is 42.5 Å². The summed E-state index contributed by atoms with van der Waals surface area (Å²) in [7, 11) is 1.93. The van der Waals surface area contributed by atoms with Crippen molar-refractivity contribution in [2.24, 2.45) is 0 Å². The highest BCUT2D eigenvalue weighted by molar-refractivity contribution is 5.55. The summed E-state index contributed by atoms with van der Waals surface area (Å²) in [6, 6.07) is 9.83. The molecular formula is C14H16N8. The number of tetrazole rings is 1. The quantitative estimate of drug-likeness (QED) is 0.757. The van der Waals surface area contributed by atoms with E-state index in [2.05, 4.69) is 35.6 Å². The standard InChI is InChI=1S/C14H16N8/c1-10(12-18-20-21-19-12)8-22(2)14-16-9-15-13(17-14)11-6-4-3-5-7-11/h3-7,9-10H,8H2,1-2H3,(H,18,19,20,21). The van der Waals surface area contributed by atoms with Crippen LogP contribution in [-0.2, 0) is 0 Å². The van der Waals surface area contributed by atoms with Gasteiger partial charge in [-0.1, -0.05) is 42.5 Å². The third-order valence-corrected chi connectivity index (χ3v) is 3.28. The van der Waals surface area contributed by atoms with Gasteiger partial charge in [0.1, 0.15) is 6.33 Å². The number of benzene rings is 1. The van der Waals surface area contributed by atoms with Gasteiger partial charge in [-0.3, -0.25) is 0 Å². The van der Waals surface area contributed by atoms with E-state index in [-0.39, 0.29) is 5.92 Å². The van der Waals surface area contributed by atoms with Crippen molar-refractivity contribution >= 4 is 5.95 Å². The number of hydrogen-bond acceptors (Lipinski definition) is 7. The van der Waals surface area contributed by atoms with Crippen molar-refractivity contribution in [2.75, 3.05) is 18.5 Å². The second kappa shape index (κ2) is 6.25. The minimum atomic E-state index is 0.112. The van der Waals surface area contributed by atoms with E-state index in [1.54, 1.807) is 0 Å². The molecule has 0 amide bonds. The lowest BCUT2D eigenvalue weighted by Gasteiger charge is -2.19. The van der Waals surface area contributed by atoms with Crippen LogP contribution in [0, 0.1) is 0 Å². The predicted octanol–water partition coefficient (Wildman–Crippen LogP) is 1.29. The monoisotopic (exact) mass is 296 g/mol. The van der Waals surface area contributed by atoms with Gasteiger partial charge in [-0.25, -0.2) is 9.97 Å². The Kier molecular flexibility index (Phi) is 3.99. The van der Waals surface area contributed by atoms with Crippen LogP contribution in [0.25, 0.3) is 11.4 Å². The van der Waals surface area contributed by atoms with Gasteiger partial charge >= 0.3 is 0 Å². The van der Waals surface area contributed by atoms with Crippen LogP contribution in [0.3, 0.4) is 0 Å². The zero-order valence-corrected chi connectivity index (χ0v) is 12.4. The van der Waals surface area contributed by atoms with Gasteiger partial charge < -0.3 is 4.90 Å². The van der Waals surface area contributed by atoms with Gasteiger partial charge in [0, 0.05) is 25.1 Å². The summed E-state index contributed by atoms with van der Waals surface area (Å²) in [4.78, 5) is 14.9. The van der Waals surface area contributed by atoms with Crippen molar-refractivity contribution in [1.82, 2.24) is 35.6 Å². The molecule has 1 aromatic carbocycles. The number of nitrogens with zero attached hydrogens (tertiary/aromatic N) is 7. The van der Waals surface area contributed by atoms with Crippen LogP contribution in [-0.4, -0.2) is 49.2 Å². The molecule has 1 N–H and O–H groups in total. The van der Waals surface area contributed by atoms with Crippen LogP contribution < -0.4 is 4.90 Å². The number of rotatable bonds is 5. The third kappa shape index (κ3) is 3.05. The topological polar surface area (TPSA) is 96.4 Å². The molecule has 0 aliphatic heterocycles. The molecule has 1 unspecified atom stereocenters.